The van der Waals surface area contributed by atoms with Gasteiger partial charge in [0.25, 0.3) is 0 Å². The fourth-order valence-corrected chi connectivity index (χ4v) is 3.38. The highest BCUT2D eigenvalue weighted by Gasteiger charge is 2.21. The predicted octanol–water partition coefficient (Wildman–Crippen LogP) is 2.68. The second-order valence-electron chi connectivity index (χ2n) is 6.78. The second kappa shape index (κ2) is 10.1. The minimum Gasteiger partial charge on any atom is -0.379 e. The number of rotatable bonds is 8. The van der Waals surface area contributed by atoms with Crippen molar-refractivity contribution in [3.63, 3.8) is 0 Å². The summed E-state index contributed by atoms with van der Waals surface area (Å²) in [7, 11) is 0. The van der Waals surface area contributed by atoms with E-state index >= 15 is 0 Å². The SMILES string of the molecule is O=C(CCc1ccccc1)NCC(Cc1ccccc1)N1CCOCC1. The molecule has 1 aliphatic heterocycles. The fraction of sp³-hybridized carbons (Fsp3) is 0.409. The van der Waals surface area contributed by atoms with E-state index in [4.69, 9.17) is 4.74 Å². The zero-order chi connectivity index (χ0) is 18.0. The molecule has 4 nitrogen and oxygen atoms in total. The van der Waals surface area contributed by atoms with Crippen LogP contribution in [-0.4, -0.2) is 49.7 Å². The van der Waals surface area contributed by atoms with Crippen LogP contribution >= 0.6 is 0 Å². The summed E-state index contributed by atoms with van der Waals surface area (Å²) in [5.74, 6) is 0.125. The van der Waals surface area contributed by atoms with Gasteiger partial charge in [-0.05, 0) is 24.0 Å². The number of nitrogens with one attached hydrogen (secondary N) is 1. The summed E-state index contributed by atoms with van der Waals surface area (Å²) < 4.78 is 5.48. The van der Waals surface area contributed by atoms with Gasteiger partial charge < -0.3 is 10.1 Å². The van der Waals surface area contributed by atoms with Crippen molar-refractivity contribution in [1.29, 1.82) is 0 Å². The lowest BCUT2D eigenvalue weighted by Crippen LogP contribution is -2.49. The molecule has 0 saturated carbocycles. The summed E-state index contributed by atoms with van der Waals surface area (Å²) in [6.45, 7) is 4.08. The van der Waals surface area contributed by atoms with Crippen molar-refractivity contribution in [3.05, 3.63) is 71.8 Å². The van der Waals surface area contributed by atoms with E-state index in [9.17, 15) is 4.79 Å². The Labute approximate surface area is 156 Å². The first-order valence-corrected chi connectivity index (χ1v) is 9.47. The molecule has 0 radical (unpaired) electrons. The molecule has 1 saturated heterocycles. The Bertz CT molecular complexity index is 654. The molecule has 138 valence electrons. The number of benzene rings is 2. The Balaban J connectivity index is 1.52. The maximum absolute atomic E-state index is 12.3. The van der Waals surface area contributed by atoms with Crippen molar-refractivity contribution in [2.45, 2.75) is 25.3 Å². The topological polar surface area (TPSA) is 41.6 Å². The van der Waals surface area contributed by atoms with E-state index < -0.39 is 0 Å². The Hall–Kier alpha value is -2.17. The average molecular weight is 352 g/mol. The maximum Gasteiger partial charge on any atom is 0.220 e. The van der Waals surface area contributed by atoms with Gasteiger partial charge in [-0.2, -0.15) is 0 Å². The maximum atomic E-state index is 12.3. The highest BCUT2D eigenvalue weighted by molar-refractivity contribution is 5.76. The van der Waals surface area contributed by atoms with E-state index in [1.165, 1.54) is 11.1 Å². The normalized spacial score (nSPS) is 16.2. The van der Waals surface area contributed by atoms with Gasteiger partial charge in [0, 0.05) is 32.1 Å². The first kappa shape index (κ1) is 18.6. The number of hydrogen-bond acceptors (Lipinski definition) is 3. The average Bonchev–Trinajstić information content (AvgIpc) is 2.72. The molecule has 1 N–H and O–H groups in total. The van der Waals surface area contributed by atoms with Crippen molar-refractivity contribution < 1.29 is 9.53 Å². The van der Waals surface area contributed by atoms with Crippen molar-refractivity contribution >= 4 is 5.91 Å². The molecule has 1 fully saturated rings. The third-order valence-electron chi connectivity index (χ3n) is 4.89. The third kappa shape index (κ3) is 5.97. The number of hydrogen-bond donors (Lipinski definition) is 1. The monoisotopic (exact) mass is 352 g/mol. The highest BCUT2D eigenvalue weighted by Crippen LogP contribution is 2.11. The number of amides is 1. The molecule has 2 aromatic carbocycles. The summed E-state index contributed by atoms with van der Waals surface area (Å²) in [6, 6.07) is 21.0. The van der Waals surface area contributed by atoms with Crippen LogP contribution in [0.2, 0.25) is 0 Å². The molecule has 1 atom stereocenters. The predicted molar refractivity (Wildman–Crippen MR) is 104 cm³/mol. The van der Waals surface area contributed by atoms with Gasteiger partial charge in [0.15, 0.2) is 0 Å². The quantitative estimate of drug-likeness (QED) is 0.794. The van der Waals surface area contributed by atoms with Crippen LogP contribution in [0.15, 0.2) is 60.7 Å². The van der Waals surface area contributed by atoms with E-state index in [0.29, 0.717) is 19.0 Å². The molecule has 0 aromatic heterocycles. The van der Waals surface area contributed by atoms with Gasteiger partial charge in [-0.25, -0.2) is 0 Å². The van der Waals surface area contributed by atoms with Crippen molar-refractivity contribution in [3.8, 4) is 0 Å². The molecule has 1 heterocycles. The zero-order valence-electron chi connectivity index (χ0n) is 15.3. The van der Waals surface area contributed by atoms with Gasteiger partial charge in [0.1, 0.15) is 0 Å². The summed E-state index contributed by atoms with van der Waals surface area (Å²) >= 11 is 0. The van der Waals surface area contributed by atoms with Crippen LogP contribution in [0.4, 0.5) is 0 Å². The molecule has 26 heavy (non-hydrogen) atoms. The van der Waals surface area contributed by atoms with Crippen LogP contribution in [-0.2, 0) is 22.4 Å². The van der Waals surface area contributed by atoms with Gasteiger partial charge in [0.2, 0.25) is 5.91 Å². The molecule has 0 aliphatic carbocycles. The van der Waals surface area contributed by atoms with Crippen molar-refractivity contribution in [1.82, 2.24) is 10.2 Å². The Kier molecular flexibility index (Phi) is 7.23. The van der Waals surface area contributed by atoms with Crippen LogP contribution in [0.3, 0.4) is 0 Å². The standard InChI is InChI=1S/C22H28N2O2/c25-22(12-11-19-7-3-1-4-8-19)23-18-21(24-13-15-26-16-14-24)17-20-9-5-2-6-10-20/h1-10,21H,11-18H2,(H,23,25). The van der Waals surface area contributed by atoms with Crippen molar-refractivity contribution in [2.24, 2.45) is 0 Å². The minimum absolute atomic E-state index is 0.125. The number of carbonyl (C=O) groups is 1. The largest absolute Gasteiger partial charge is 0.379 e. The number of aryl methyl sites for hydroxylation is 1. The van der Waals surface area contributed by atoms with E-state index in [1.54, 1.807) is 0 Å². The van der Waals surface area contributed by atoms with Gasteiger partial charge in [0.05, 0.1) is 13.2 Å². The fourth-order valence-electron chi connectivity index (χ4n) is 3.38. The molecule has 1 aliphatic rings. The molecule has 1 amide bonds. The van der Waals surface area contributed by atoms with E-state index in [0.717, 1.165) is 39.1 Å². The smallest absolute Gasteiger partial charge is 0.220 e. The van der Waals surface area contributed by atoms with E-state index in [2.05, 4.69) is 46.6 Å². The first-order valence-electron chi connectivity index (χ1n) is 9.47. The number of morpholine rings is 1. The van der Waals surface area contributed by atoms with Crippen LogP contribution in [0, 0.1) is 0 Å². The Morgan fingerprint density at radius 1 is 0.962 bits per heavy atom. The van der Waals surface area contributed by atoms with Crippen LogP contribution in [0.5, 0.6) is 0 Å². The molecule has 2 aromatic rings. The Morgan fingerprint density at radius 3 is 2.23 bits per heavy atom. The van der Waals surface area contributed by atoms with Crippen LogP contribution in [0.25, 0.3) is 0 Å². The molecule has 1 unspecified atom stereocenters. The van der Waals surface area contributed by atoms with Gasteiger partial charge in [-0.15, -0.1) is 0 Å². The lowest BCUT2D eigenvalue weighted by Gasteiger charge is -2.34. The van der Waals surface area contributed by atoms with Gasteiger partial charge in [-0.1, -0.05) is 60.7 Å². The number of nitrogens with zero attached hydrogens (tertiary/aromatic N) is 1. The van der Waals surface area contributed by atoms with Crippen LogP contribution in [0.1, 0.15) is 17.5 Å². The summed E-state index contributed by atoms with van der Waals surface area (Å²) in [5, 5.41) is 3.15. The lowest BCUT2D eigenvalue weighted by molar-refractivity contribution is -0.121. The lowest BCUT2D eigenvalue weighted by atomic mass is 10.0. The summed E-state index contributed by atoms with van der Waals surface area (Å²) in [6.07, 6.45) is 2.26. The van der Waals surface area contributed by atoms with E-state index in [1.807, 2.05) is 24.3 Å². The third-order valence-corrected chi connectivity index (χ3v) is 4.89. The molecular weight excluding hydrogens is 324 g/mol. The molecule has 0 bridgehead atoms. The number of carbonyl (C=O) groups excluding carboxylic acids is 1. The molecular formula is C22H28N2O2. The van der Waals surface area contributed by atoms with Crippen molar-refractivity contribution in [2.75, 3.05) is 32.8 Å². The second-order valence-corrected chi connectivity index (χ2v) is 6.78. The van der Waals surface area contributed by atoms with Gasteiger partial charge in [-0.3, -0.25) is 9.69 Å². The zero-order valence-corrected chi connectivity index (χ0v) is 15.3. The van der Waals surface area contributed by atoms with Gasteiger partial charge >= 0.3 is 0 Å². The molecule has 3 rings (SSSR count). The summed E-state index contributed by atoms with van der Waals surface area (Å²) in [5.41, 5.74) is 2.51. The van der Waals surface area contributed by atoms with Crippen LogP contribution < -0.4 is 5.32 Å². The Morgan fingerprint density at radius 2 is 1.58 bits per heavy atom. The molecule has 0 spiro atoms. The first-order chi connectivity index (χ1) is 12.8. The molecule has 4 heteroatoms. The highest BCUT2D eigenvalue weighted by atomic mass is 16.5. The van der Waals surface area contributed by atoms with E-state index in [-0.39, 0.29) is 5.91 Å². The minimum atomic E-state index is 0.125. The number of ether oxygens (including phenoxy) is 1. The summed E-state index contributed by atoms with van der Waals surface area (Å²) in [4.78, 5) is 14.7.